The molecule has 1 rings (SSSR count). The van der Waals surface area contributed by atoms with E-state index >= 15 is 0 Å². The highest BCUT2D eigenvalue weighted by atomic mass is 16.5. The first-order valence-corrected chi connectivity index (χ1v) is 5.75. The summed E-state index contributed by atoms with van der Waals surface area (Å²) in [6, 6.07) is 0. The Morgan fingerprint density at radius 1 is 1.36 bits per heavy atom. The summed E-state index contributed by atoms with van der Waals surface area (Å²) in [5.74, 6) is 1.21. The molecule has 1 unspecified atom stereocenters. The molecule has 2 nitrogen and oxygen atoms in total. The second-order valence-corrected chi connectivity index (χ2v) is 4.57. The average Bonchev–Trinajstić information content (AvgIpc) is 2.19. The summed E-state index contributed by atoms with van der Waals surface area (Å²) in [6.07, 6.45) is 6.76. The Balaban J connectivity index is 2.25. The summed E-state index contributed by atoms with van der Waals surface area (Å²) in [7, 11) is 1.70. The average molecular weight is 198 g/mol. The largest absolute Gasteiger partial charge is 0.384 e. The lowest BCUT2D eigenvalue weighted by Gasteiger charge is -2.21. The van der Waals surface area contributed by atoms with E-state index in [4.69, 9.17) is 4.74 Å². The molecular formula is C12H22O2. The number of carbonyl (C=O) groups excluding carboxylic acids is 1. The van der Waals surface area contributed by atoms with Crippen LogP contribution in [-0.2, 0) is 9.53 Å². The zero-order chi connectivity index (χ0) is 10.4. The molecule has 0 aliphatic heterocycles. The lowest BCUT2D eigenvalue weighted by Crippen LogP contribution is -2.21. The molecule has 0 aromatic carbocycles. The van der Waals surface area contributed by atoms with E-state index in [1.54, 1.807) is 7.11 Å². The van der Waals surface area contributed by atoms with E-state index in [9.17, 15) is 4.79 Å². The lowest BCUT2D eigenvalue weighted by atomic mass is 9.83. The molecule has 0 radical (unpaired) electrons. The molecule has 0 spiro atoms. The number of Topliss-reactive ketones (excluding diaryl/α,β-unsaturated/α-hetero) is 1. The zero-order valence-electron chi connectivity index (χ0n) is 9.42. The van der Waals surface area contributed by atoms with Crippen molar-refractivity contribution in [1.82, 2.24) is 0 Å². The van der Waals surface area contributed by atoms with E-state index in [0.717, 1.165) is 12.8 Å². The second-order valence-electron chi connectivity index (χ2n) is 4.57. The number of hydrogen-bond donors (Lipinski definition) is 0. The summed E-state index contributed by atoms with van der Waals surface area (Å²) in [5.41, 5.74) is 0. The number of rotatable bonds is 5. The highest BCUT2D eigenvalue weighted by Crippen LogP contribution is 2.26. The van der Waals surface area contributed by atoms with Gasteiger partial charge in [0.25, 0.3) is 0 Å². The fourth-order valence-electron chi connectivity index (χ4n) is 2.28. The third kappa shape index (κ3) is 3.79. The molecule has 1 aliphatic rings. The Bertz CT molecular complexity index is 171. The van der Waals surface area contributed by atoms with Crippen molar-refractivity contribution >= 4 is 5.78 Å². The molecule has 14 heavy (non-hydrogen) atoms. The van der Waals surface area contributed by atoms with Crippen LogP contribution in [0.4, 0.5) is 0 Å². The maximum atomic E-state index is 11.8. The van der Waals surface area contributed by atoms with E-state index in [-0.39, 0.29) is 0 Å². The van der Waals surface area contributed by atoms with Crippen molar-refractivity contribution in [3.8, 4) is 0 Å². The highest BCUT2D eigenvalue weighted by molar-refractivity contribution is 5.81. The van der Waals surface area contributed by atoms with Crippen LogP contribution >= 0.6 is 0 Å². The molecule has 1 fully saturated rings. The standard InChI is InChI=1S/C12H22O2/c1-10(9-14-2)8-12(13)11-6-4-3-5-7-11/h10-11H,3-9H2,1-2H3. The molecule has 0 amide bonds. The van der Waals surface area contributed by atoms with E-state index in [1.165, 1.54) is 19.3 Å². The van der Waals surface area contributed by atoms with Crippen LogP contribution in [0.5, 0.6) is 0 Å². The third-order valence-corrected chi connectivity index (χ3v) is 3.06. The van der Waals surface area contributed by atoms with Crippen molar-refractivity contribution in [2.75, 3.05) is 13.7 Å². The molecule has 0 aromatic rings. The minimum absolute atomic E-state index is 0.364. The zero-order valence-corrected chi connectivity index (χ0v) is 9.42. The molecule has 0 saturated heterocycles. The Kier molecular flexibility index (Phi) is 5.16. The smallest absolute Gasteiger partial charge is 0.136 e. The molecule has 0 heterocycles. The molecule has 1 atom stereocenters. The van der Waals surface area contributed by atoms with E-state index < -0.39 is 0 Å². The Morgan fingerprint density at radius 3 is 2.57 bits per heavy atom. The van der Waals surface area contributed by atoms with Gasteiger partial charge in [-0.3, -0.25) is 4.79 Å². The topological polar surface area (TPSA) is 26.3 Å². The van der Waals surface area contributed by atoms with Crippen LogP contribution in [0.2, 0.25) is 0 Å². The minimum atomic E-state index is 0.364. The van der Waals surface area contributed by atoms with Gasteiger partial charge in [-0.2, -0.15) is 0 Å². The van der Waals surface area contributed by atoms with Crippen LogP contribution in [0.3, 0.4) is 0 Å². The van der Waals surface area contributed by atoms with E-state index in [0.29, 0.717) is 30.6 Å². The van der Waals surface area contributed by atoms with Gasteiger partial charge in [0.2, 0.25) is 0 Å². The third-order valence-electron chi connectivity index (χ3n) is 3.06. The highest BCUT2D eigenvalue weighted by Gasteiger charge is 2.22. The summed E-state index contributed by atoms with van der Waals surface area (Å²) in [4.78, 5) is 11.8. The molecule has 2 heteroatoms. The predicted octanol–water partition coefficient (Wildman–Crippen LogP) is 2.81. The van der Waals surface area contributed by atoms with Crippen LogP contribution in [0.1, 0.15) is 45.4 Å². The fourth-order valence-corrected chi connectivity index (χ4v) is 2.28. The van der Waals surface area contributed by atoms with Gasteiger partial charge in [0.1, 0.15) is 5.78 Å². The van der Waals surface area contributed by atoms with Crippen molar-refractivity contribution in [2.45, 2.75) is 45.4 Å². The first-order valence-electron chi connectivity index (χ1n) is 5.75. The fraction of sp³-hybridized carbons (Fsp3) is 0.917. The molecule has 1 saturated carbocycles. The monoisotopic (exact) mass is 198 g/mol. The second kappa shape index (κ2) is 6.18. The van der Waals surface area contributed by atoms with Gasteiger partial charge >= 0.3 is 0 Å². The Morgan fingerprint density at radius 2 is 2.00 bits per heavy atom. The summed E-state index contributed by atoms with van der Waals surface area (Å²) >= 11 is 0. The first kappa shape index (κ1) is 11.7. The van der Waals surface area contributed by atoms with Crippen LogP contribution < -0.4 is 0 Å². The summed E-state index contributed by atoms with van der Waals surface area (Å²) < 4.78 is 5.04. The molecular weight excluding hydrogens is 176 g/mol. The molecule has 1 aliphatic carbocycles. The summed E-state index contributed by atoms with van der Waals surface area (Å²) in [6.45, 7) is 2.79. The van der Waals surface area contributed by atoms with E-state index in [1.807, 2.05) is 0 Å². The number of methoxy groups -OCH3 is 1. The van der Waals surface area contributed by atoms with Gasteiger partial charge < -0.3 is 4.74 Å². The van der Waals surface area contributed by atoms with Crippen molar-refractivity contribution in [1.29, 1.82) is 0 Å². The van der Waals surface area contributed by atoms with Gasteiger partial charge in [0.05, 0.1) is 0 Å². The van der Waals surface area contributed by atoms with Gasteiger partial charge in [0.15, 0.2) is 0 Å². The van der Waals surface area contributed by atoms with Crippen LogP contribution in [-0.4, -0.2) is 19.5 Å². The lowest BCUT2D eigenvalue weighted by molar-refractivity contribution is -0.125. The normalized spacial score (nSPS) is 20.7. The minimum Gasteiger partial charge on any atom is -0.384 e. The molecule has 82 valence electrons. The summed E-state index contributed by atoms with van der Waals surface area (Å²) in [5, 5.41) is 0. The Labute approximate surface area is 87.0 Å². The van der Waals surface area contributed by atoms with Gasteiger partial charge in [-0.25, -0.2) is 0 Å². The first-order chi connectivity index (χ1) is 6.74. The number of hydrogen-bond acceptors (Lipinski definition) is 2. The number of ketones is 1. The molecule has 0 aromatic heterocycles. The molecule has 0 N–H and O–H groups in total. The Hall–Kier alpha value is -0.370. The van der Waals surface area contributed by atoms with Gasteiger partial charge in [-0.1, -0.05) is 26.2 Å². The quantitative estimate of drug-likeness (QED) is 0.679. The SMILES string of the molecule is COCC(C)CC(=O)C1CCCCC1. The van der Waals surface area contributed by atoms with Crippen LogP contribution in [0, 0.1) is 11.8 Å². The maximum Gasteiger partial charge on any atom is 0.136 e. The number of ether oxygens (including phenoxy) is 1. The van der Waals surface area contributed by atoms with Crippen molar-refractivity contribution in [3.63, 3.8) is 0 Å². The van der Waals surface area contributed by atoms with Crippen molar-refractivity contribution in [2.24, 2.45) is 11.8 Å². The van der Waals surface area contributed by atoms with E-state index in [2.05, 4.69) is 6.92 Å². The maximum absolute atomic E-state index is 11.8. The number of carbonyl (C=O) groups is 1. The van der Waals surface area contributed by atoms with Crippen LogP contribution in [0.15, 0.2) is 0 Å². The van der Waals surface area contributed by atoms with Crippen molar-refractivity contribution < 1.29 is 9.53 Å². The van der Waals surface area contributed by atoms with Gasteiger partial charge in [-0.15, -0.1) is 0 Å². The van der Waals surface area contributed by atoms with Gasteiger partial charge in [0, 0.05) is 26.1 Å². The van der Waals surface area contributed by atoms with Crippen LogP contribution in [0.25, 0.3) is 0 Å². The van der Waals surface area contributed by atoms with Crippen molar-refractivity contribution in [3.05, 3.63) is 0 Å². The molecule has 0 bridgehead atoms. The van der Waals surface area contributed by atoms with Gasteiger partial charge in [-0.05, 0) is 18.8 Å². The predicted molar refractivity (Wildman–Crippen MR) is 57.2 cm³/mol.